The van der Waals surface area contributed by atoms with Crippen LogP contribution < -0.4 is 5.56 Å². The monoisotopic (exact) mass is 462 g/mol. The topological polar surface area (TPSA) is 96.8 Å². The van der Waals surface area contributed by atoms with Crippen LogP contribution in [0.25, 0.3) is 11.2 Å². The number of aromatic amines is 1. The molecule has 8 nitrogen and oxygen atoms in total. The summed E-state index contributed by atoms with van der Waals surface area (Å²) >= 11 is 12.6. The van der Waals surface area contributed by atoms with Crippen LogP contribution in [-0.2, 0) is 11.3 Å². The molecule has 3 aromatic rings. The molecule has 1 saturated heterocycles. The predicted molar refractivity (Wildman–Crippen MR) is 120 cm³/mol. The first-order valence-corrected chi connectivity index (χ1v) is 11.3. The largest absolute Gasteiger partial charge is 0.342 e. The number of benzene rings is 1. The minimum atomic E-state index is -0.342. The lowest BCUT2D eigenvalue weighted by molar-refractivity contribution is -0.132. The second-order valence-corrected chi connectivity index (χ2v) is 8.67. The fourth-order valence-corrected chi connectivity index (χ4v) is 4.45. The Balaban J connectivity index is 1.63. The molecule has 0 saturated carbocycles. The van der Waals surface area contributed by atoms with Gasteiger partial charge < -0.3 is 9.88 Å². The summed E-state index contributed by atoms with van der Waals surface area (Å²) in [4.78, 5) is 34.6. The van der Waals surface area contributed by atoms with E-state index in [1.807, 2.05) is 4.90 Å². The van der Waals surface area contributed by atoms with Crippen LogP contribution in [0.3, 0.4) is 0 Å². The number of carbonyl (C=O) groups excluding carboxylic acids is 1. The SMILES string of the molecule is CCCCC(=O)N1CCC[C@@H](c2nc3c(nnn3Cc3c(Cl)cccc3Cl)c(=O)[nH]2)C1. The third-order valence-corrected chi connectivity index (χ3v) is 6.37. The lowest BCUT2D eigenvalue weighted by atomic mass is 9.96. The number of piperidine rings is 1. The van der Waals surface area contributed by atoms with Gasteiger partial charge in [0.15, 0.2) is 11.2 Å². The van der Waals surface area contributed by atoms with Gasteiger partial charge in [-0.05, 0) is 31.4 Å². The number of halogens is 2. The normalized spacial score (nSPS) is 16.7. The number of hydrogen-bond acceptors (Lipinski definition) is 5. The van der Waals surface area contributed by atoms with E-state index in [0.29, 0.717) is 40.0 Å². The van der Waals surface area contributed by atoms with Crippen LogP contribution >= 0.6 is 23.2 Å². The number of unbranched alkanes of at least 4 members (excludes halogenated alkanes) is 1. The molecule has 1 amide bonds. The van der Waals surface area contributed by atoms with Crippen molar-refractivity contribution in [2.45, 2.75) is 51.5 Å². The second kappa shape index (κ2) is 9.36. The zero-order valence-corrected chi connectivity index (χ0v) is 18.8. The number of hydrogen-bond donors (Lipinski definition) is 1. The summed E-state index contributed by atoms with van der Waals surface area (Å²) in [5.41, 5.74) is 0.889. The Labute approximate surface area is 189 Å². The van der Waals surface area contributed by atoms with Crippen molar-refractivity contribution in [3.63, 3.8) is 0 Å². The maximum absolute atomic E-state index is 12.7. The number of nitrogens with one attached hydrogen (secondary N) is 1. The van der Waals surface area contributed by atoms with E-state index < -0.39 is 0 Å². The number of rotatable bonds is 6. The van der Waals surface area contributed by atoms with Gasteiger partial charge in [0, 0.05) is 41.0 Å². The van der Waals surface area contributed by atoms with Gasteiger partial charge in [-0.15, -0.1) is 5.10 Å². The number of amides is 1. The summed E-state index contributed by atoms with van der Waals surface area (Å²) in [5, 5.41) is 9.11. The third-order valence-electron chi connectivity index (χ3n) is 5.67. The van der Waals surface area contributed by atoms with E-state index in [1.165, 1.54) is 4.68 Å². The average molecular weight is 463 g/mol. The number of H-pyrrole nitrogens is 1. The van der Waals surface area contributed by atoms with Crippen molar-refractivity contribution >= 4 is 40.3 Å². The molecule has 0 spiro atoms. The number of aromatic nitrogens is 5. The summed E-state index contributed by atoms with van der Waals surface area (Å²) in [7, 11) is 0. The van der Waals surface area contributed by atoms with Gasteiger partial charge in [-0.2, -0.15) is 0 Å². The fraction of sp³-hybridized carbons (Fsp3) is 0.476. The lowest BCUT2D eigenvalue weighted by Gasteiger charge is -2.32. The average Bonchev–Trinajstić information content (AvgIpc) is 3.18. The van der Waals surface area contributed by atoms with Crippen molar-refractivity contribution < 1.29 is 4.79 Å². The molecule has 2 aromatic heterocycles. The molecule has 10 heteroatoms. The standard InChI is InChI=1S/C21H24Cl2N6O2/c1-2-3-9-17(30)28-10-5-6-13(11-28)19-24-20-18(21(31)25-19)26-27-29(20)12-14-15(22)7-4-8-16(14)23/h4,7-8,13H,2-3,5-6,9-12H2,1H3,(H,24,25,31)/t13-/m1/s1. The molecule has 1 N–H and O–H groups in total. The Hall–Kier alpha value is -2.45. The molecule has 164 valence electrons. The molecule has 31 heavy (non-hydrogen) atoms. The Morgan fingerprint density at radius 2 is 2.06 bits per heavy atom. The molecule has 0 bridgehead atoms. The van der Waals surface area contributed by atoms with E-state index in [1.54, 1.807) is 18.2 Å². The Bertz CT molecular complexity index is 1140. The van der Waals surface area contributed by atoms with Gasteiger partial charge in [0.2, 0.25) is 5.91 Å². The third kappa shape index (κ3) is 4.60. The molecule has 4 rings (SSSR count). The van der Waals surface area contributed by atoms with Crippen LogP contribution in [0.2, 0.25) is 10.0 Å². The van der Waals surface area contributed by atoms with Crippen molar-refractivity contribution in [1.82, 2.24) is 29.9 Å². The van der Waals surface area contributed by atoms with Crippen molar-refractivity contribution in [3.8, 4) is 0 Å². The van der Waals surface area contributed by atoms with Gasteiger partial charge in [0.25, 0.3) is 5.56 Å². The first-order valence-electron chi connectivity index (χ1n) is 10.5. The summed E-state index contributed by atoms with van der Waals surface area (Å²) in [5.74, 6) is 0.679. The van der Waals surface area contributed by atoms with Crippen molar-refractivity contribution in [3.05, 3.63) is 50.0 Å². The van der Waals surface area contributed by atoms with Gasteiger partial charge in [-0.25, -0.2) is 9.67 Å². The Kier molecular flexibility index (Phi) is 6.57. The van der Waals surface area contributed by atoms with E-state index in [9.17, 15) is 9.59 Å². The number of carbonyl (C=O) groups is 1. The van der Waals surface area contributed by atoms with Crippen molar-refractivity contribution in [1.29, 1.82) is 0 Å². The highest BCUT2D eigenvalue weighted by molar-refractivity contribution is 6.36. The molecule has 3 heterocycles. The number of nitrogens with zero attached hydrogens (tertiary/aromatic N) is 5. The summed E-state index contributed by atoms with van der Waals surface area (Å²) < 4.78 is 1.54. The van der Waals surface area contributed by atoms with E-state index in [-0.39, 0.29) is 29.4 Å². The summed E-state index contributed by atoms with van der Waals surface area (Å²) in [6.45, 7) is 3.62. The minimum absolute atomic E-state index is 0.0383. The molecule has 0 radical (unpaired) electrons. The van der Waals surface area contributed by atoms with E-state index in [4.69, 9.17) is 23.2 Å². The highest BCUT2D eigenvalue weighted by atomic mass is 35.5. The van der Waals surface area contributed by atoms with E-state index in [0.717, 1.165) is 32.2 Å². The first kappa shape index (κ1) is 21.8. The Morgan fingerprint density at radius 3 is 2.81 bits per heavy atom. The van der Waals surface area contributed by atoms with Crippen LogP contribution in [0.5, 0.6) is 0 Å². The fourth-order valence-electron chi connectivity index (χ4n) is 3.93. The molecule has 1 atom stereocenters. The highest BCUT2D eigenvalue weighted by Gasteiger charge is 2.27. The number of likely N-dealkylation sites (tertiary alicyclic amines) is 1. The molecule has 1 aliphatic rings. The molecular weight excluding hydrogens is 439 g/mol. The van der Waals surface area contributed by atoms with Crippen LogP contribution in [-0.4, -0.2) is 48.9 Å². The molecule has 0 aliphatic carbocycles. The zero-order valence-electron chi connectivity index (χ0n) is 17.3. The lowest BCUT2D eigenvalue weighted by Crippen LogP contribution is -2.39. The van der Waals surface area contributed by atoms with E-state index >= 15 is 0 Å². The maximum Gasteiger partial charge on any atom is 0.281 e. The van der Waals surface area contributed by atoms with Crippen LogP contribution in [0.1, 0.15) is 56.3 Å². The molecule has 1 fully saturated rings. The van der Waals surface area contributed by atoms with Crippen molar-refractivity contribution in [2.75, 3.05) is 13.1 Å². The second-order valence-electron chi connectivity index (χ2n) is 7.85. The molecule has 1 aliphatic heterocycles. The van der Waals surface area contributed by atoms with Gasteiger partial charge in [-0.1, -0.05) is 47.8 Å². The van der Waals surface area contributed by atoms with Crippen molar-refractivity contribution in [2.24, 2.45) is 0 Å². The maximum atomic E-state index is 12.7. The van der Waals surface area contributed by atoms with E-state index in [2.05, 4.69) is 27.2 Å². The summed E-state index contributed by atoms with van der Waals surface area (Å²) in [6.07, 6.45) is 4.15. The Morgan fingerprint density at radius 1 is 1.29 bits per heavy atom. The molecular formula is C21H24Cl2N6O2. The van der Waals surface area contributed by atoms with Crippen LogP contribution in [0.4, 0.5) is 0 Å². The first-order chi connectivity index (χ1) is 15.0. The zero-order chi connectivity index (χ0) is 22.0. The summed E-state index contributed by atoms with van der Waals surface area (Å²) in [6, 6.07) is 5.27. The predicted octanol–water partition coefficient (Wildman–Crippen LogP) is 3.77. The van der Waals surface area contributed by atoms with Gasteiger partial charge >= 0.3 is 0 Å². The van der Waals surface area contributed by atoms with Crippen LogP contribution in [0.15, 0.2) is 23.0 Å². The number of fused-ring (bicyclic) bond motifs is 1. The minimum Gasteiger partial charge on any atom is -0.342 e. The molecule has 0 unspecified atom stereocenters. The van der Waals surface area contributed by atoms with Gasteiger partial charge in [0.05, 0.1) is 6.54 Å². The van der Waals surface area contributed by atoms with Gasteiger partial charge in [-0.3, -0.25) is 9.59 Å². The quantitative estimate of drug-likeness (QED) is 0.601. The highest BCUT2D eigenvalue weighted by Crippen LogP contribution is 2.27. The van der Waals surface area contributed by atoms with Gasteiger partial charge in [0.1, 0.15) is 5.82 Å². The van der Waals surface area contributed by atoms with Crippen LogP contribution in [0, 0.1) is 0 Å². The smallest absolute Gasteiger partial charge is 0.281 e. The molecule has 1 aromatic carbocycles.